The van der Waals surface area contributed by atoms with Crippen molar-refractivity contribution in [2.75, 3.05) is 12.4 Å². The molecule has 0 bridgehead atoms. The maximum atomic E-state index is 12.8. The predicted molar refractivity (Wildman–Crippen MR) is 131 cm³/mol. The molecule has 1 amide bonds. The van der Waals surface area contributed by atoms with Crippen LogP contribution in [0.1, 0.15) is 15.9 Å². The van der Waals surface area contributed by atoms with Gasteiger partial charge in [-0.05, 0) is 67.2 Å². The molecule has 162 valence electrons. The molecule has 2 heterocycles. The lowest BCUT2D eigenvalue weighted by molar-refractivity contribution is 0.0974. The minimum Gasteiger partial charge on any atom is -0.496 e. The molecule has 0 saturated carbocycles. The third-order valence-corrected chi connectivity index (χ3v) is 5.53. The quantitative estimate of drug-likeness (QED) is 0.324. The van der Waals surface area contributed by atoms with Crippen LogP contribution in [-0.2, 0) is 0 Å². The van der Waals surface area contributed by atoms with Gasteiger partial charge >= 0.3 is 0 Å². The van der Waals surface area contributed by atoms with Crippen LogP contribution in [0.5, 0.6) is 5.75 Å². The molecule has 0 spiro atoms. The van der Waals surface area contributed by atoms with Crippen molar-refractivity contribution >= 4 is 67.7 Å². The lowest BCUT2D eigenvalue weighted by Gasteiger charge is -2.14. The molecule has 32 heavy (non-hydrogen) atoms. The molecule has 0 atom stereocenters. The Bertz CT molecular complexity index is 1330. The largest absolute Gasteiger partial charge is 0.496 e. The van der Waals surface area contributed by atoms with Gasteiger partial charge in [0.25, 0.3) is 5.91 Å². The number of thiocarbonyl (C=S) groups is 1. The number of nitrogens with one attached hydrogen (secondary N) is 2. The first-order chi connectivity index (χ1) is 15.4. The van der Waals surface area contributed by atoms with Crippen LogP contribution >= 0.6 is 39.7 Å². The molecule has 0 fully saturated rings. The number of hydrogen-bond donors (Lipinski definition) is 2. The van der Waals surface area contributed by atoms with E-state index in [-0.39, 0.29) is 5.11 Å². The summed E-state index contributed by atoms with van der Waals surface area (Å²) in [5, 5.41) is 6.10. The number of pyridine rings is 1. The van der Waals surface area contributed by atoms with Gasteiger partial charge in [0.05, 0.1) is 23.4 Å². The van der Waals surface area contributed by atoms with Crippen LogP contribution in [0.15, 0.2) is 57.6 Å². The number of aromatic nitrogens is 2. The number of ether oxygens (including phenoxy) is 1. The summed E-state index contributed by atoms with van der Waals surface area (Å²) >= 11 is 15.0. The Morgan fingerprint density at radius 2 is 2.06 bits per heavy atom. The number of carbonyl (C=O) groups is 1. The average molecular weight is 532 g/mol. The summed E-state index contributed by atoms with van der Waals surface area (Å²) < 4.78 is 11.9. The SMILES string of the molecule is COc1c(C)cc(Br)cc1C(=O)NC(=S)Nc1cc(-c2nc3ncccc3o2)ccc1Cl. The second-order valence-corrected chi connectivity index (χ2v) is 8.48. The van der Waals surface area contributed by atoms with Crippen LogP contribution in [0.25, 0.3) is 22.7 Å². The third-order valence-electron chi connectivity index (χ3n) is 4.54. The lowest BCUT2D eigenvalue weighted by atomic mass is 10.1. The number of aryl methyl sites for hydroxylation is 1. The van der Waals surface area contributed by atoms with Gasteiger partial charge < -0.3 is 14.5 Å². The fourth-order valence-corrected chi connectivity index (χ4v) is 4.08. The molecule has 10 heteroatoms. The van der Waals surface area contributed by atoms with Crippen molar-refractivity contribution in [2.24, 2.45) is 0 Å². The molecule has 4 rings (SSSR count). The number of nitrogens with zero attached hydrogens (tertiary/aromatic N) is 2. The fraction of sp³-hybridized carbons (Fsp3) is 0.0909. The number of methoxy groups -OCH3 is 1. The molecule has 0 aliphatic heterocycles. The van der Waals surface area contributed by atoms with Crippen LogP contribution in [0, 0.1) is 6.92 Å². The maximum absolute atomic E-state index is 12.8. The number of benzene rings is 2. The van der Waals surface area contributed by atoms with Crippen molar-refractivity contribution in [1.82, 2.24) is 15.3 Å². The molecule has 2 N–H and O–H groups in total. The molecule has 0 radical (unpaired) electrons. The van der Waals surface area contributed by atoms with Crippen molar-refractivity contribution in [1.29, 1.82) is 0 Å². The Hall–Kier alpha value is -3.01. The van der Waals surface area contributed by atoms with Gasteiger partial charge in [-0.3, -0.25) is 10.1 Å². The summed E-state index contributed by atoms with van der Waals surface area (Å²) in [6.07, 6.45) is 1.65. The molecule has 2 aromatic heterocycles. The van der Waals surface area contributed by atoms with Crippen molar-refractivity contribution in [2.45, 2.75) is 6.92 Å². The zero-order chi connectivity index (χ0) is 22.8. The number of fused-ring (bicyclic) bond motifs is 1. The Labute approximate surface area is 202 Å². The summed E-state index contributed by atoms with van der Waals surface area (Å²) in [6.45, 7) is 1.85. The third kappa shape index (κ3) is 4.59. The van der Waals surface area contributed by atoms with Crippen molar-refractivity contribution in [3.63, 3.8) is 0 Å². The summed E-state index contributed by atoms with van der Waals surface area (Å²) in [6, 6.07) is 12.3. The van der Waals surface area contributed by atoms with Gasteiger partial charge in [-0.1, -0.05) is 27.5 Å². The smallest absolute Gasteiger partial charge is 0.261 e. The number of oxazole rings is 1. The summed E-state index contributed by atoms with van der Waals surface area (Å²) in [7, 11) is 1.51. The highest BCUT2D eigenvalue weighted by Gasteiger charge is 2.18. The first kappa shape index (κ1) is 22.2. The molecular weight excluding hydrogens is 516 g/mol. The van der Waals surface area contributed by atoms with E-state index in [4.69, 9.17) is 33.0 Å². The average Bonchev–Trinajstić information content (AvgIpc) is 3.19. The van der Waals surface area contributed by atoms with Gasteiger partial charge in [0.2, 0.25) is 5.89 Å². The van der Waals surface area contributed by atoms with Gasteiger partial charge in [-0.2, -0.15) is 4.98 Å². The van der Waals surface area contributed by atoms with Crippen LogP contribution in [0.3, 0.4) is 0 Å². The highest BCUT2D eigenvalue weighted by atomic mass is 79.9. The molecule has 0 aliphatic rings. The highest BCUT2D eigenvalue weighted by Crippen LogP contribution is 2.30. The van der Waals surface area contributed by atoms with E-state index in [2.05, 4.69) is 36.5 Å². The second-order valence-electron chi connectivity index (χ2n) is 6.75. The van der Waals surface area contributed by atoms with E-state index >= 15 is 0 Å². The first-order valence-electron chi connectivity index (χ1n) is 9.33. The molecule has 0 saturated heterocycles. The van der Waals surface area contributed by atoms with Crippen LogP contribution < -0.4 is 15.4 Å². The predicted octanol–water partition coefficient (Wildman–Crippen LogP) is 5.75. The first-order valence-corrected chi connectivity index (χ1v) is 10.9. The Morgan fingerprint density at radius 3 is 2.81 bits per heavy atom. The van der Waals surface area contributed by atoms with E-state index in [1.54, 1.807) is 42.6 Å². The Balaban J connectivity index is 1.55. The van der Waals surface area contributed by atoms with Crippen molar-refractivity contribution in [3.8, 4) is 17.2 Å². The highest BCUT2D eigenvalue weighted by molar-refractivity contribution is 9.10. The molecule has 7 nitrogen and oxygen atoms in total. The van der Waals surface area contributed by atoms with Gasteiger partial charge in [0.15, 0.2) is 16.3 Å². The number of rotatable bonds is 4. The molecule has 2 aromatic carbocycles. The Morgan fingerprint density at radius 1 is 1.25 bits per heavy atom. The summed E-state index contributed by atoms with van der Waals surface area (Å²) in [4.78, 5) is 21.4. The fourth-order valence-electron chi connectivity index (χ4n) is 3.14. The van der Waals surface area contributed by atoms with E-state index in [1.807, 2.05) is 13.0 Å². The van der Waals surface area contributed by atoms with E-state index < -0.39 is 5.91 Å². The van der Waals surface area contributed by atoms with E-state index in [9.17, 15) is 4.79 Å². The van der Waals surface area contributed by atoms with E-state index in [0.717, 1.165) is 10.0 Å². The van der Waals surface area contributed by atoms with E-state index in [0.29, 0.717) is 44.7 Å². The summed E-state index contributed by atoms with van der Waals surface area (Å²) in [5.74, 6) is 0.446. The second kappa shape index (κ2) is 9.23. The zero-order valence-corrected chi connectivity index (χ0v) is 20.1. The summed E-state index contributed by atoms with van der Waals surface area (Å²) in [5.41, 5.74) is 3.41. The number of anilines is 1. The molecule has 0 unspecified atom stereocenters. The topological polar surface area (TPSA) is 89.3 Å². The Kier molecular flexibility index (Phi) is 6.40. The standard InChI is InChI=1S/C22H16BrClN4O3S/c1-11-8-13(23)10-14(18(11)30-2)20(29)28-22(32)26-16-9-12(5-6-15(16)24)21-27-19-17(31-21)4-3-7-25-19/h3-10H,1-2H3,(H2,26,28,29,32). The van der Waals surface area contributed by atoms with Gasteiger partial charge in [-0.15, -0.1) is 0 Å². The number of carbonyl (C=O) groups excluding carboxylic acids is 1. The minimum absolute atomic E-state index is 0.0768. The van der Waals surface area contributed by atoms with E-state index in [1.165, 1.54) is 7.11 Å². The molecule has 0 aliphatic carbocycles. The van der Waals surface area contributed by atoms with Crippen molar-refractivity contribution in [3.05, 3.63) is 69.3 Å². The van der Waals surface area contributed by atoms with Crippen LogP contribution in [0.2, 0.25) is 5.02 Å². The number of amides is 1. The maximum Gasteiger partial charge on any atom is 0.261 e. The van der Waals surface area contributed by atoms with Gasteiger partial charge in [0, 0.05) is 16.2 Å². The lowest BCUT2D eigenvalue weighted by Crippen LogP contribution is -2.34. The van der Waals surface area contributed by atoms with Gasteiger partial charge in [-0.25, -0.2) is 4.98 Å². The van der Waals surface area contributed by atoms with Crippen LogP contribution in [0.4, 0.5) is 5.69 Å². The normalized spacial score (nSPS) is 10.8. The van der Waals surface area contributed by atoms with Crippen LogP contribution in [-0.4, -0.2) is 28.1 Å². The minimum atomic E-state index is -0.416. The van der Waals surface area contributed by atoms with Crippen molar-refractivity contribution < 1.29 is 13.9 Å². The molecule has 4 aromatic rings. The van der Waals surface area contributed by atoms with Gasteiger partial charge in [0.1, 0.15) is 5.75 Å². The molecular formula is C22H16BrClN4O3S. The monoisotopic (exact) mass is 530 g/mol. The number of halogens is 2. The zero-order valence-electron chi connectivity index (χ0n) is 16.9. The number of hydrogen-bond acceptors (Lipinski definition) is 6.